The molecule has 0 saturated carbocycles. The van der Waals surface area contributed by atoms with E-state index in [9.17, 15) is 13.2 Å². The van der Waals surface area contributed by atoms with Gasteiger partial charge in [-0.25, -0.2) is 9.97 Å². The molecule has 0 amide bonds. The van der Waals surface area contributed by atoms with E-state index in [2.05, 4.69) is 9.97 Å². The van der Waals surface area contributed by atoms with Gasteiger partial charge in [-0.15, -0.1) is 11.6 Å². The van der Waals surface area contributed by atoms with Gasteiger partial charge in [0.05, 0.1) is 0 Å². The molecule has 100 valence electrons. The Hall–Kier alpha value is -1.04. The average Bonchev–Trinajstić information content (AvgIpc) is 2.77. The summed E-state index contributed by atoms with van der Waals surface area (Å²) in [6.07, 6.45) is -1.48. The molecule has 0 bridgehead atoms. The first-order valence-corrected chi connectivity index (χ1v) is 6.25. The lowest BCUT2D eigenvalue weighted by atomic mass is 10.1. The van der Waals surface area contributed by atoms with Gasteiger partial charge in [-0.3, -0.25) is 0 Å². The summed E-state index contributed by atoms with van der Waals surface area (Å²) in [4.78, 5) is 9.27. The highest BCUT2D eigenvalue weighted by Crippen LogP contribution is 2.29. The quantitative estimate of drug-likeness (QED) is 0.797. The van der Waals surface area contributed by atoms with Crippen LogP contribution >= 0.6 is 11.6 Å². The number of hydrogen-bond acceptors (Lipinski definition) is 3. The Morgan fingerprint density at radius 1 is 1.44 bits per heavy atom. The molecule has 2 heterocycles. The van der Waals surface area contributed by atoms with Crippen molar-refractivity contribution in [2.75, 3.05) is 23.9 Å². The van der Waals surface area contributed by atoms with Crippen LogP contribution in [0.3, 0.4) is 0 Å². The van der Waals surface area contributed by atoms with Crippen molar-refractivity contribution in [2.24, 2.45) is 5.92 Å². The predicted octanol–water partition coefficient (Wildman–Crippen LogP) is 2.95. The molecule has 2 rings (SSSR count). The molecular formula is C11H13ClF3N3. The van der Waals surface area contributed by atoms with Crippen LogP contribution in [0.5, 0.6) is 0 Å². The van der Waals surface area contributed by atoms with E-state index in [0.717, 1.165) is 25.1 Å². The largest absolute Gasteiger partial charge is 0.433 e. The first-order chi connectivity index (χ1) is 8.50. The molecule has 1 aliphatic heterocycles. The Morgan fingerprint density at radius 2 is 2.22 bits per heavy atom. The van der Waals surface area contributed by atoms with Crippen LogP contribution in [0.15, 0.2) is 12.3 Å². The molecule has 3 nitrogen and oxygen atoms in total. The van der Waals surface area contributed by atoms with E-state index in [1.807, 2.05) is 0 Å². The first-order valence-electron chi connectivity index (χ1n) is 5.72. The highest BCUT2D eigenvalue weighted by Gasteiger charge is 2.34. The smallest absolute Gasteiger partial charge is 0.341 e. The summed E-state index contributed by atoms with van der Waals surface area (Å²) in [5.74, 6) is 1.14. The number of hydrogen-bond donors (Lipinski definition) is 0. The van der Waals surface area contributed by atoms with Crippen molar-refractivity contribution in [3.05, 3.63) is 18.0 Å². The number of anilines is 1. The van der Waals surface area contributed by atoms with Crippen molar-refractivity contribution in [3.63, 3.8) is 0 Å². The normalized spacial score (nSPS) is 20.4. The highest BCUT2D eigenvalue weighted by atomic mass is 35.5. The minimum Gasteiger partial charge on any atom is -0.341 e. The fraction of sp³-hybridized carbons (Fsp3) is 0.636. The summed E-state index contributed by atoms with van der Waals surface area (Å²) < 4.78 is 37.6. The Labute approximate surface area is 108 Å². The predicted molar refractivity (Wildman–Crippen MR) is 62.7 cm³/mol. The number of halogens is 4. The van der Waals surface area contributed by atoms with Crippen LogP contribution in [0.1, 0.15) is 18.5 Å². The zero-order chi connectivity index (χ0) is 13.2. The van der Waals surface area contributed by atoms with Gasteiger partial charge in [0.25, 0.3) is 0 Å². The summed E-state index contributed by atoms with van der Waals surface area (Å²) in [6, 6.07) is 0.885. The maximum absolute atomic E-state index is 12.5. The second-order valence-corrected chi connectivity index (χ2v) is 4.70. The first kappa shape index (κ1) is 13.4. The highest BCUT2D eigenvalue weighted by molar-refractivity contribution is 6.17. The molecule has 0 aromatic carbocycles. The standard InChI is InChI=1S/C11H13ClF3N3/c12-4-1-8-3-6-18(7-8)10-16-5-2-9(17-10)11(13,14)15/h2,5,8H,1,3-4,6-7H2. The monoisotopic (exact) mass is 279 g/mol. The van der Waals surface area contributed by atoms with E-state index in [1.165, 1.54) is 0 Å². The summed E-state index contributed by atoms with van der Waals surface area (Å²) in [5.41, 5.74) is -0.895. The van der Waals surface area contributed by atoms with Crippen molar-refractivity contribution >= 4 is 17.5 Å². The van der Waals surface area contributed by atoms with Crippen molar-refractivity contribution in [2.45, 2.75) is 19.0 Å². The van der Waals surface area contributed by atoms with E-state index in [4.69, 9.17) is 11.6 Å². The van der Waals surface area contributed by atoms with Crippen LogP contribution in [-0.2, 0) is 6.18 Å². The molecule has 1 aromatic heterocycles. The van der Waals surface area contributed by atoms with Gasteiger partial charge in [-0.2, -0.15) is 13.2 Å². The van der Waals surface area contributed by atoms with Crippen LogP contribution in [0.25, 0.3) is 0 Å². The van der Waals surface area contributed by atoms with Crippen LogP contribution < -0.4 is 4.90 Å². The zero-order valence-corrected chi connectivity index (χ0v) is 10.4. The molecule has 0 spiro atoms. The van der Waals surface area contributed by atoms with Gasteiger partial charge in [-0.05, 0) is 24.8 Å². The van der Waals surface area contributed by atoms with Gasteiger partial charge in [0.1, 0.15) is 5.69 Å². The minimum absolute atomic E-state index is 0.155. The second-order valence-electron chi connectivity index (χ2n) is 4.32. The molecule has 0 N–H and O–H groups in total. The number of aromatic nitrogens is 2. The fourth-order valence-corrected chi connectivity index (χ4v) is 2.37. The SMILES string of the molecule is FC(F)(F)c1ccnc(N2CCC(CCCl)C2)n1. The van der Waals surface area contributed by atoms with Crippen molar-refractivity contribution in [3.8, 4) is 0 Å². The third-order valence-electron chi connectivity index (χ3n) is 3.02. The molecule has 0 aliphatic carbocycles. The Kier molecular flexibility index (Phi) is 3.94. The third-order valence-corrected chi connectivity index (χ3v) is 3.24. The molecule has 1 aromatic rings. The molecule has 18 heavy (non-hydrogen) atoms. The van der Waals surface area contributed by atoms with Gasteiger partial charge >= 0.3 is 6.18 Å². The maximum atomic E-state index is 12.5. The van der Waals surface area contributed by atoms with Crippen LogP contribution in [0.4, 0.5) is 19.1 Å². The molecule has 1 atom stereocenters. The zero-order valence-electron chi connectivity index (χ0n) is 9.62. The number of rotatable bonds is 3. The molecular weight excluding hydrogens is 267 g/mol. The molecule has 1 saturated heterocycles. The molecule has 0 radical (unpaired) electrons. The average molecular weight is 280 g/mol. The molecule has 7 heteroatoms. The van der Waals surface area contributed by atoms with Crippen molar-refractivity contribution in [1.29, 1.82) is 0 Å². The third kappa shape index (κ3) is 3.04. The van der Waals surface area contributed by atoms with Crippen LogP contribution in [0, 0.1) is 5.92 Å². The van der Waals surface area contributed by atoms with Gasteiger partial charge in [0.2, 0.25) is 5.95 Å². The number of alkyl halides is 4. The Balaban J connectivity index is 2.10. The van der Waals surface area contributed by atoms with Crippen LogP contribution in [0.2, 0.25) is 0 Å². The molecule has 1 unspecified atom stereocenters. The minimum atomic E-state index is -4.42. The van der Waals surface area contributed by atoms with E-state index < -0.39 is 11.9 Å². The number of nitrogens with zero attached hydrogens (tertiary/aromatic N) is 3. The van der Waals surface area contributed by atoms with E-state index in [0.29, 0.717) is 24.9 Å². The van der Waals surface area contributed by atoms with E-state index in [-0.39, 0.29) is 5.95 Å². The second kappa shape index (κ2) is 5.30. The lowest BCUT2D eigenvalue weighted by Crippen LogP contribution is -2.23. The summed E-state index contributed by atoms with van der Waals surface area (Å²) >= 11 is 5.66. The summed E-state index contributed by atoms with van der Waals surface area (Å²) in [6.45, 7) is 1.36. The Morgan fingerprint density at radius 3 is 2.89 bits per heavy atom. The van der Waals surface area contributed by atoms with Gasteiger partial charge in [0, 0.05) is 25.2 Å². The lowest BCUT2D eigenvalue weighted by molar-refractivity contribution is -0.141. The lowest BCUT2D eigenvalue weighted by Gasteiger charge is -2.17. The van der Waals surface area contributed by atoms with Crippen molar-refractivity contribution in [1.82, 2.24) is 9.97 Å². The van der Waals surface area contributed by atoms with Gasteiger partial charge in [-0.1, -0.05) is 0 Å². The molecule has 1 aliphatic rings. The fourth-order valence-electron chi connectivity index (χ4n) is 2.06. The summed E-state index contributed by atoms with van der Waals surface area (Å²) in [5, 5.41) is 0. The van der Waals surface area contributed by atoms with Crippen LogP contribution in [-0.4, -0.2) is 28.9 Å². The van der Waals surface area contributed by atoms with E-state index in [1.54, 1.807) is 4.90 Å². The topological polar surface area (TPSA) is 29.0 Å². The van der Waals surface area contributed by atoms with Gasteiger partial charge in [0.15, 0.2) is 0 Å². The maximum Gasteiger partial charge on any atom is 0.433 e. The summed E-state index contributed by atoms with van der Waals surface area (Å²) in [7, 11) is 0. The van der Waals surface area contributed by atoms with Crippen molar-refractivity contribution < 1.29 is 13.2 Å². The van der Waals surface area contributed by atoms with E-state index >= 15 is 0 Å². The Bertz CT molecular complexity index is 411. The van der Waals surface area contributed by atoms with Gasteiger partial charge < -0.3 is 4.90 Å². The molecule has 1 fully saturated rings.